The van der Waals surface area contributed by atoms with E-state index >= 15 is 0 Å². The van der Waals surface area contributed by atoms with Crippen molar-refractivity contribution < 1.29 is 28.4 Å². The first-order valence-corrected chi connectivity index (χ1v) is 28.0. The number of hydrogen-bond acceptors (Lipinski definition) is 6. The molecule has 0 saturated heterocycles. The molecule has 0 unspecified atom stereocenters. The van der Waals surface area contributed by atoms with Gasteiger partial charge in [-0.05, 0) is 217 Å². The minimum Gasteiger partial charge on any atom is -0.458 e. The number of hydrogen-bond donors (Lipinski definition) is 0. The predicted molar refractivity (Wildman–Crippen MR) is 327 cm³/mol. The van der Waals surface area contributed by atoms with Gasteiger partial charge in [-0.2, -0.15) is 0 Å². The van der Waals surface area contributed by atoms with Gasteiger partial charge in [0.15, 0.2) is 0 Å². The summed E-state index contributed by atoms with van der Waals surface area (Å²) in [7, 11) is 0. The highest BCUT2D eigenvalue weighted by Gasteiger charge is 2.44. The molecule has 0 fully saturated rings. The van der Waals surface area contributed by atoms with Crippen LogP contribution in [0.15, 0.2) is 170 Å². The van der Waals surface area contributed by atoms with E-state index in [0.717, 1.165) is 168 Å². The molecule has 6 aliphatic heterocycles. The number of rotatable bonds is 3. The molecule has 384 valence electrons. The van der Waals surface area contributed by atoms with Crippen LogP contribution < -0.4 is 77.6 Å². The monoisotopic (exact) mass is 1040 g/mol. The van der Waals surface area contributed by atoms with E-state index in [4.69, 9.17) is 28.4 Å². The Labute approximate surface area is 468 Å². The number of ether oxygens (including phenoxy) is 6. The summed E-state index contributed by atoms with van der Waals surface area (Å²) in [6.45, 7) is 19.7. The zero-order valence-corrected chi connectivity index (χ0v) is 46.3. The van der Waals surface area contributed by atoms with Gasteiger partial charge in [0.05, 0.1) is 0 Å². The van der Waals surface area contributed by atoms with E-state index in [1.807, 2.05) is 0 Å². The van der Waals surface area contributed by atoms with Crippen LogP contribution in [0.3, 0.4) is 0 Å². The van der Waals surface area contributed by atoms with Crippen molar-refractivity contribution in [2.75, 3.05) is 0 Å². The Kier molecular flexibility index (Phi) is 9.81. The van der Waals surface area contributed by atoms with E-state index in [-0.39, 0.29) is 31.0 Å². The molecule has 0 bridgehead atoms. The lowest BCUT2D eigenvalue weighted by molar-refractivity contribution is 0.463. The molecule has 0 spiro atoms. The normalized spacial score (nSPS) is 14.1. The van der Waals surface area contributed by atoms with Crippen LogP contribution in [0.4, 0.5) is 0 Å². The van der Waals surface area contributed by atoms with Gasteiger partial charge in [0, 0.05) is 16.4 Å². The van der Waals surface area contributed by atoms with E-state index in [1.165, 1.54) is 11.1 Å². The van der Waals surface area contributed by atoms with Gasteiger partial charge in [0.1, 0.15) is 69.0 Å². The fraction of sp³-hybridized carbons (Fsp3) is 0.155. The zero-order valence-electron chi connectivity index (χ0n) is 46.3. The van der Waals surface area contributed by atoms with E-state index < -0.39 is 0 Å². The molecule has 6 heterocycles. The minimum atomic E-state index is -0.101. The van der Waals surface area contributed by atoms with E-state index in [9.17, 15) is 0 Å². The summed E-state index contributed by atoms with van der Waals surface area (Å²) in [5.41, 5.74) is 22.2. The third kappa shape index (κ3) is 7.21. The smallest absolute Gasteiger partial charge is 0.260 e. The molecule has 0 saturated carbocycles. The summed E-state index contributed by atoms with van der Waals surface area (Å²) >= 11 is 0. The molecular formula is C71H55B3O6. The molecule has 9 heteroatoms. The van der Waals surface area contributed by atoms with Crippen LogP contribution in [0.1, 0.15) is 69.4 Å². The summed E-state index contributed by atoms with van der Waals surface area (Å²) in [5, 5.41) is 0. The topological polar surface area (TPSA) is 55.4 Å². The molecule has 0 aromatic heterocycles. The largest absolute Gasteiger partial charge is 0.458 e. The Morgan fingerprint density at radius 2 is 0.525 bits per heavy atom. The third-order valence-electron chi connectivity index (χ3n) is 17.4. The van der Waals surface area contributed by atoms with Gasteiger partial charge in [-0.3, -0.25) is 0 Å². The van der Waals surface area contributed by atoms with Crippen molar-refractivity contribution in [1.29, 1.82) is 0 Å². The van der Waals surface area contributed by atoms with E-state index in [2.05, 4.69) is 232 Å². The second-order valence-corrected chi connectivity index (χ2v) is 25.0. The lowest BCUT2D eigenvalue weighted by atomic mass is 9.34. The van der Waals surface area contributed by atoms with Crippen molar-refractivity contribution in [3.63, 3.8) is 0 Å². The Balaban J connectivity index is 0.895. The molecule has 0 radical (unpaired) electrons. The molecule has 6 nitrogen and oxygen atoms in total. The molecular weight excluding hydrogens is 981 g/mol. The van der Waals surface area contributed by atoms with Gasteiger partial charge in [-0.15, -0.1) is 0 Å². The molecule has 0 aliphatic carbocycles. The van der Waals surface area contributed by atoms with Gasteiger partial charge >= 0.3 is 0 Å². The maximum absolute atomic E-state index is 6.89. The van der Waals surface area contributed by atoms with Crippen molar-refractivity contribution in [2.45, 2.75) is 73.1 Å². The van der Waals surface area contributed by atoms with Crippen LogP contribution in [-0.4, -0.2) is 20.1 Å². The number of benzene rings is 10. The predicted octanol–water partition coefficient (Wildman–Crippen LogP) is 12.4. The van der Waals surface area contributed by atoms with Crippen molar-refractivity contribution in [1.82, 2.24) is 0 Å². The molecule has 0 atom stereocenters. The zero-order chi connectivity index (χ0) is 54.2. The average Bonchev–Trinajstić information content (AvgIpc) is 3.63. The van der Waals surface area contributed by atoms with Crippen molar-refractivity contribution >= 4 is 69.3 Å². The van der Waals surface area contributed by atoms with Gasteiger partial charge in [0.25, 0.3) is 20.1 Å². The highest BCUT2D eigenvalue weighted by molar-refractivity contribution is 6.99. The fourth-order valence-electron chi connectivity index (χ4n) is 13.4. The van der Waals surface area contributed by atoms with Crippen LogP contribution in [0.5, 0.6) is 69.0 Å². The third-order valence-corrected chi connectivity index (χ3v) is 17.4. The van der Waals surface area contributed by atoms with Crippen LogP contribution in [0.2, 0.25) is 0 Å². The molecule has 10 aromatic carbocycles. The van der Waals surface area contributed by atoms with Crippen LogP contribution in [-0.2, 0) is 10.8 Å². The van der Waals surface area contributed by atoms with Crippen LogP contribution in [0.25, 0.3) is 33.4 Å². The Bertz CT molecular complexity index is 4160. The Morgan fingerprint density at radius 3 is 0.850 bits per heavy atom. The van der Waals surface area contributed by atoms with Gasteiger partial charge in [-0.25, -0.2) is 0 Å². The first-order valence-electron chi connectivity index (χ1n) is 28.0. The second kappa shape index (κ2) is 16.6. The first kappa shape index (κ1) is 47.2. The van der Waals surface area contributed by atoms with Crippen molar-refractivity contribution in [3.8, 4) is 102 Å². The van der Waals surface area contributed by atoms with Crippen LogP contribution in [0, 0.1) is 20.8 Å². The van der Waals surface area contributed by atoms with Gasteiger partial charge < -0.3 is 28.4 Å². The number of para-hydroxylation sites is 1. The maximum Gasteiger partial charge on any atom is 0.260 e. The molecule has 6 aliphatic rings. The minimum absolute atomic E-state index is 0.0587. The molecule has 0 N–H and O–H groups in total. The summed E-state index contributed by atoms with van der Waals surface area (Å²) in [4.78, 5) is 0. The number of fused-ring (bicyclic) bond motifs is 12. The number of aryl methyl sites for hydroxylation is 3. The van der Waals surface area contributed by atoms with E-state index in [1.54, 1.807) is 0 Å². The molecule has 0 amide bonds. The Morgan fingerprint density at radius 1 is 0.250 bits per heavy atom. The molecule has 10 aromatic rings. The van der Waals surface area contributed by atoms with Crippen LogP contribution >= 0.6 is 0 Å². The first-order chi connectivity index (χ1) is 38.5. The summed E-state index contributed by atoms with van der Waals surface area (Å²) in [6, 6.07) is 62.0. The maximum atomic E-state index is 6.89. The summed E-state index contributed by atoms with van der Waals surface area (Å²) in [5.74, 6) is 10.3. The quantitative estimate of drug-likeness (QED) is 0.164. The van der Waals surface area contributed by atoms with Gasteiger partial charge in [-0.1, -0.05) is 120 Å². The Hall–Kier alpha value is -8.81. The van der Waals surface area contributed by atoms with Crippen molar-refractivity contribution in [3.05, 3.63) is 198 Å². The summed E-state index contributed by atoms with van der Waals surface area (Å²) in [6.07, 6.45) is 0. The second-order valence-electron chi connectivity index (χ2n) is 25.0. The summed E-state index contributed by atoms with van der Waals surface area (Å²) < 4.78 is 40.7. The molecule has 80 heavy (non-hydrogen) atoms. The fourth-order valence-corrected chi connectivity index (χ4v) is 13.4. The van der Waals surface area contributed by atoms with E-state index in [0.29, 0.717) is 0 Å². The standard InChI is InChI=1S/C71H55B3O6/c1-38-24-61-67-62(25-38)76-56-19-14-41(33-50(56)72(67)49-12-10-11-13-55(49)75-61)44-30-45(42-15-20-57-51(34-42)73-53-36-47(70(4,5)6)17-22-59(53)79-65-28-39(2)26-63(77-57)68(65)73)32-46(31-44)43-16-21-58-52(35-43)74-54-37-48(71(7,8)9)18-23-60(54)80-66-29-40(3)27-64(78-58)69(66)74/h10-37H,1-9H3. The van der Waals surface area contributed by atoms with Gasteiger partial charge in [0.2, 0.25) is 0 Å². The average molecular weight is 1040 g/mol. The highest BCUT2D eigenvalue weighted by Crippen LogP contribution is 2.43. The lowest BCUT2D eigenvalue weighted by Gasteiger charge is -2.34. The SMILES string of the molecule is Cc1cc2c3c(c1)Oc1ccc(-c4cc(-c5ccc6c(c5)B5c7cc(C(C)(C)C)ccc7Oc7cc(C)cc(c75)O6)cc(-c5ccc6c(c5)B5c7cc(C(C)(C)C)ccc7Oc7cc(C)cc(c75)O6)c4)cc1B3c1ccccc1O2. The van der Waals surface area contributed by atoms with Crippen molar-refractivity contribution in [2.24, 2.45) is 0 Å². The molecule has 16 rings (SSSR count). The lowest BCUT2D eigenvalue weighted by Crippen LogP contribution is -2.57. The highest BCUT2D eigenvalue weighted by atomic mass is 16.5.